The molecule has 2 aromatic rings. The highest BCUT2D eigenvalue weighted by molar-refractivity contribution is 9.10. The minimum atomic E-state index is -0.389. The van der Waals surface area contributed by atoms with E-state index in [1.54, 1.807) is 12.1 Å². The number of aliphatic hydroxyl groups is 1. The second-order valence-corrected chi connectivity index (χ2v) is 5.29. The van der Waals surface area contributed by atoms with Crippen LogP contribution < -0.4 is 5.32 Å². The zero-order valence-electron chi connectivity index (χ0n) is 9.81. The number of β-amino-alcohol motifs (C(OH)–C–C–N with tert-alkyl or cyclic N) is 1. The normalized spacial score (nSPS) is 22.9. The highest BCUT2D eigenvalue weighted by Crippen LogP contribution is 2.26. The Kier molecular flexibility index (Phi) is 3.34. The predicted molar refractivity (Wildman–Crippen MR) is 68.8 cm³/mol. The Labute approximate surface area is 117 Å². The molecule has 0 radical (unpaired) electrons. The SMILES string of the molecule is OC1CN[C@H](c2nc(-c3ccc(F)c(Br)c3)no2)C1. The molecule has 2 heterocycles. The van der Waals surface area contributed by atoms with E-state index in [0.717, 1.165) is 0 Å². The summed E-state index contributed by atoms with van der Waals surface area (Å²) < 4.78 is 18.7. The number of hydrogen-bond acceptors (Lipinski definition) is 5. The summed E-state index contributed by atoms with van der Waals surface area (Å²) in [4.78, 5) is 4.27. The molecular weight excluding hydrogens is 317 g/mol. The Morgan fingerprint density at radius 1 is 1.47 bits per heavy atom. The van der Waals surface area contributed by atoms with Crippen LogP contribution in [0.25, 0.3) is 11.4 Å². The van der Waals surface area contributed by atoms with Crippen molar-refractivity contribution in [2.24, 2.45) is 0 Å². The van der Waals surface area contributed by atoms with Crippen LogP contribution in [0.4, 0.5) is 4.39 Å². The van der Waals surface area contributed by atoms with Crippen LogP contribution in [0.3, 0.4) is 0 Å². The molecule has 0 aliphatic carbocycles. The average Bonchev–Trinajstić information content (AvgIpc) is 3.01. The van der Waals surface area contributed by atoms with E-state index in [1.807, 2.05) is 0 Å². The maximum atomic E-state index is 13.2. The number of benzene rings is 1. The van der Waals surface area contributed by atoms with Crippen molar-refractivity contribution in [2.75, 3.05) is 6.54 Å². The highest BCUT2D eigenvalue weighted by atomic mass is 79.9. The zero-order valence-corrected chi connectivity index (χ0v) is 11.4. The van der Waals surface area contributed by atoms with E-state index in [1.165, 1.54) is 6.07 Å². The first-order chi connectivity index (χ1) is 9.13. The first kappa shape index (κ1) is 12.7. The molecule has 1 aromatic carbocycles. The Hall–Kier alpha value is -1.31. The number of nitrogens with zero attached hydrogens (tertiary/aromatic N) is 2. The van der Waals surface area contributed by atoms with Gasteiger partial charge in [0.15, 0.2) is 0 Å². The van der Waals surface area contributed by atoms with E-state index in [9.17, 15) is 9.50 Å². The van der Waals surface area contributed by atoms with Crippen molar-refractivity contribution >= 4 is 15.9 Å². The summed E-state index contributed by atoms with van der Waals surface area (Å²) >= 11 is 3.12. The van der Waals surface area contributed by atoms with Gasteiger partial charge in [-0.05, 0) is 40.5 Å². The van der Waals surface area contributed by atoms with Crippen LogP contribution in [0.15, 0.2) is 27.2 Å². The predicted octanol–water partition coefficient (Wildman–Crippen LogP) is 2.03. The van der Waals surface area contributed by atoms with Crippen LogP contribution >= 0.6 is 15.9 Å². The molecule has 0 amide bonds. The Morgan fingerprint density at radius 3 is 3.00 bits per heavy atom. The summed E-state index contributed by atoms with van der Waals surface area (Å²) in [6.07, 6.45) is 0.162. The zero-order chi connectivity index (χ0) is 13.4. The van der Waals surface area contributed by atoms with Crippen LogP contribution in [0.5, 0.6) is 0 Å². The van der Waals surface area contributed by atoms with Crippen LogP contribution in [0, 0.1) is 5.82 Å². The fourth-order valence-electron chi connectivity index (χ4n) is 2.03. The fraction of sp³-hybridized carbons (Fsp3) is 0.333. The molecule has 19 heavy (non-hydrogen) atoms. The van der Waals surface area contributed by atoms with Crippen molar-refractivity contribution in [3.05, 3.63) is 34.4 Å². The van der Waals surface area contributed by atoms with Gasteiger partial charge in [0.05, 0.1) is 16.6 Å². The molecule has 1 aliphatic heterocycles. The van der Waals surface area contributed by atoms with E-state index in [4.69, 9.17) is 4.52 Å². The molecule has 0 spiro atoms. The monoisotopic (exact) mass is 327 g/mol. The molecule has 1 aromatic heterocycles. The highest BCUT2D eigenvalue weighted by Gasteiger charge is 2.28. The van der Waals surface area contributed by atoms with Gasteiger partial charge in [0.25, 0.3) is 0 Å². The molecular formula is C12H11BrFN3O2. The van der Waals surface area contributed by atoms with Crippen molar-refractivity contribution in [3.63, 3.8) is 0 Å². The van der Waals surface area contributed by atoms with Gasteiger partial charge in [-0.25, -0.2) is 4.39 Å². The van der Waals surface area contributed by atoms with Crippen molar-refractivity contribution in [3.8, 4) is 11.4 Å². The molecule has 0 saturated carbocycles. The average molecular weight is 328 g/mol. The minimum Gasteiger partial charge on any atom is -0.392 e. The molecule has 7 heteroatoms. The molecule has 0 bridgehead atoms. The van der Waals surface area contributed by atoms with E-state index < -0.39 is 0 Å². The second-order valence-electron chi connectivity index (χ2n) is 4.44. The smallest absolute Gasteiger partial charge is 0.244 e. The summed E-state index contributed by atoms with van der Waals surface area (Å²) in [5.41, 5.74) is 0.668. The molecule has 2 N–H and O–H groups in total. The quantitative estimate of drug-likeness (QED) is 0.883. The minimum absolute atomic E-state index is 0.125. The number of nitrogens with one attached hydrogen (secondary N) is 1. The lowest BCUT2D eigenvalue weighted by Crippen LogP contribution is -2.15. The molecule has 1 unspecified atom stereocenters. The van der Waals surface area contributed by atoms with E-state index in [0.29, 0.717) is 34.7 Å². The Balaban J connectivity index is 1.86. The Bertz CT molecular complexity index is 604. The van der Waals surface area contributed by atoms with Gasteiger partial charge in [-0.2, -0.15) is 4.98 Å². The molecule has 1 fully saturated rings. The van der Waals surface area contributed by atoms with Crippen LogP contribution in [-0.2, 0) is 0 Å². The van der Waals surface area contributed by atoms with Crippen molar-refractivity contribution in [1.82, 2.24) is 15.5 Å². The molecule has 1 aliphatic rings. The summed E-state index contributed by atoms with van der Waals surface area (Å²) in [6.45, 7) is 0.518. The van der Waals surface area contributed by atoms with E-state index in [-0.39, 0.29) is 18.0 Å². The van der Waals surface area contributed by atoms with Crippen molar-refractivity contribution < 1.29 is 14.0 Å². The van der Waals surface area contributed by atoms with Gasteiger partial charge in [0.2, 0.25) is 11.7 Å². The van der Waals surface area contributed by atoms with E-state index in [2.05, 4.69) is 31.4 Å². The van der Waals surface area contributed by atoms with Gasteiger partial charge in [-0.3, -0.25) is 0 Å². The third kappa shape index (κ3) is 2.54. The number of aliphatic hydroxyl groups excluding tert-OH is 1. The van der Waals surface area contributed by atoms with Gasteiger partial charge in [-0.15, -0.1) is 0 Å². The largest absolute Gasteiger partial charge is 0.392 e. The van der Waals surface area contributed by atoms with Crippen LogP contribution in [0.2, 0.25) is 0 Å². The number of hydrogen-bond donors (Lipinski definition) is 2. The lowest BCUT2D eigenvalue weighted by atomic mass is 10.2. The summed E-state index contributed by atoms with van der Waals surface area (Å²) in [5, 5.41) is 16.4. The third-order valence-electron chi connectivity index (χ3n) is 3.03. The molecule has 100 valence electrons. The molecule has 1 saturated heterocycles. The van der Waals surface area contributed by atoms with E-state index >= 15 is 0 Å². The number of rotatable bonds is 2. The summed E-state index contributed by atoms with van der Waals surface area (Å²) in [6, 6.07) is 4.40. The first-order valence-corrected chi connectivity index (χ1v) is 6.63. The summed E-state index contributed by atoms with van der Waals surface area (Å²) in [5.74, 6) is 0.499. The van der Waals surface area contributed by atoms with Crippen molar-refractivity contribution in [2.45, 2.75) is 18.6 Å². The fourth-order valence-corrected chi connectivity index (χ4v) is 2.41. The van der Waals surface area contributed by atoms with Gasteiger partial charge >= 0.3 is 0 Å². The lowest BCUT2D eigenvalue weighted by Gasteiger charge is -2.01. The summed E-state index contributed by atoms with van der Waals surface area (Å²) in [7, 11) is 0. The number of aromatic nitrogens is 2. The lowest BCUT2D eigenvalue weighted by molar-refractivity contribution is 0.191. The van der Waals surface area contributed by atoms with Crippen LogP contribution in [-0.4, -0.2) is 27.9 Å². The van der Waals surface area contributed by atoms with Gasteiger partial charge in [0, 0.05) is 12.1 Å². The third-order valence-corrected chi connectivity index (χ3v) is 3.63. The molecule has 5 nitrogen and oxygen atoms in total. The maximum absolute atomic E-state index is 13.2. The van der Waals surface area contributed by atoms with Crippen molar-refractivity contribution in [1.29, 1.82) is 0 Å². The topological polar surface area (TPSA) is 71.2 Å². The maximum Gasteiger partial charge on any atom is 0.244 e. The van der Waals surface area contributed by atoms with Crippen LogP contribution in [0.1, 0.15) is 18.4 Å². The van der Waals surface area contributed by atoms with Gasteiger partial charge in [-0.1, -0.05) is 5.16 Å². The van der Waals surface area contributed by atoms with Gasteiger partial charge in [0.1, 0.15) is 5.82 Å². The first-order valence-electron chi connectivity index (χ1n) is 5.84. The number of halogens is 2. The molecule has 3 rings (SSSR count). The molecule has 2 atom stereocenters. The Morgan fingerprint density at radius 2 is 2.32 bits per heavy atom. The second kappa shape index (κ2) is 4.99. The van der Waals surface area contributed by atoms with Gasteiger partial charge < -0.3 is 14.9 Å². The standard InChI is InChI=1S/C12H11BrFN3O2/c13-8-3-6(1-2-9(8)14)11-16-12(19-17-11)10-4-7(18)5-15-10/h1-3,7,10,15,18H,4-5H2/t7?,10-/m0/s1.